The van der Waals surface area contributed by atoms with E-state index in [1.165, 1.54) is 23.0 Å². The van der Waals surface area contributed by atoms with Crippen LogP contribution >= 0.6 is 0 Å². The maximum Gasteiger partial charge on any atom is 0.417 e. The van der Waals surface area contributed by atoms with Gasteiger partial charge in [-0.05, 0) is 12.1 Å². The first-order valence-electron chi connectivity index (χ1n) is 4.31. The SMILES string of the molecule is Nc1ccn(-c2ccc(C(F)(F)F)cn2)n1. The number of nitrogens with zero attached hydrogens (tertiary/aromatic N) is 3. The molecule has 0 saturated heterocycles. The smallest absolute Gasteiger partial charge is 0.382 e. The van der Waals surface area contributed by atoms with E-state index in [0.717, 1.165) is 12.3 Å². The van der Waals surface area contributed by atoms with Gasteiger partial charge in [-0.1, -0.05) is 0 Å². The minimum atomic E-state index is -4.38. The maximum absolute atomic E-state index is 12.2. The molecule has 7 heteroatoms. The fourth-order valence-corrected chi connectivity index (χ4v) is 1.15. The number of nitrogens with two attached hydrogens (primary N) is 1. The highest BCUT2D eigenvalue weighted by Crippen LogP contribution is 2.28. The third kappa shape index (κ3) is 1.97. The van der Waals surface area contributed by atoms with Gasteiger partial charge in [0.1, 0.15) is 5.82 Å². The van der Waals surface area contributed by atoms with Crippen LogP contribution in [0.2, 0.25) is 0 Å². The molecule has 84 valence electrons. The predicted molar refractivity (Wildman–Crippen MR) is 50.8 cm³/mol. The van der Waals surface area contributed by atoms with E-state index in [9.17, 15) is 13.2 Å². The van der Waals surface area contributed by atoms with Crippen molar-refractivity contribution in [3.63, 3.8) is 0 Å². The highest BCUT2D eigenvalue weighted by Gasteiger charge is 2.30. The fourth-order valence-electron chi connectivity index (χ4n) is 1.15. The van der Waals surface area contributed by atoms with Crippen LogP contribution in [-0.2, 0) is 6.18 Å². The molecule has 0 fully saturated rings. The number of anilines is 1. The molecule has 0 aromatic carbocycles. The number of halogens is 3. The number of aromatic nitrogens is 3. The predicted octanol–water partition coefficient (Wildman–Crippen LogP) is 1.87. The molecule has 0 radical (unpaired) electrons. The van der Waals surface area contributed by atoms with Crippen LogP contribution in [-0.4, -0.2) is 14.8 Å². The molecule has 0 saturated carbocycles. The van der Waals surface area contributed by atoms with Crippen molar-refractivity contribution >= 4 is 5.82 Å². The second kappa shape index (κ2) is 3.51. The van der Waals surface area contributed by atoms with E-state index in [1.807, 2.05) is 0 Å². The van der Waals surface area contributed by atoms with Crippen LogP contribution in [0.3, 0.4) is 0 Å². The molecule has 0 atom stereocenters. The normalized spacial score (nSPS) is 11.7. The van der Waals surface area contributed by atoms with E-state index < -0.39 is 11.7 Å². The van der Waals surface area contributed by atoms with Crippen molar-refractivity contribution in [2.45, 2.75) is 6.18 Å². The summed E-state index contributed by atoms with van der Waals surface area (Å²) in [6, 6.07) is 3.70. The van der Waals surface area contributed by atoms with Gasteiger partial charge in [-0.3, -0.25) is 0 Å². The molecular formula is C9H7F3N4. The van der Waals surface area contributed by atoms with Crippen LogP contribution < -0.4 is 5.73 Å². The van der Waals surface area contributed by atoms with E-state index in [1.54, 1.807) is 0 Å². The van der Waals surface area contributed by atoms with Crippen LogP contribution in [0.5, 0.6) is 0 Å². The Labute approximate surface area is 88.5 Å². The average Bonchev–Trinajstić information content (AvgIpc) is 2.64. The first-order chi connectivity index (χ1) is 7.47. The van der Waals surface area contributed by atoms with Gasteiger partial charge in [-0.2, -0.15) is 13.2 Å². The monoisotopic (exact) mass is 228 g/mol. The Kier molecular flexibility index (Phi) is 2.30. The lowest BCUT2D eigenvalue weighted by Crippen LogP contribution is -2.07. The first kappa shape index (κ1) is 10.5. The standard InChI is InChI=1S/C9H7F3N4/c10-9(11,12)6-1-2-8(14-5-6)16-4-3-7(13)15-16/h1-5H,(H2,13,15). The summed E-state index contributed by atoms with van der Waals surface area (Å²) in [7, 11) is 0. The molecule has 0 amide bonds. The zero-order chi connectivity index (χ0) is 11.8. The minimum absolute atomic E-state index is 0.279. The Morgan fingerprint density at radius 2 is 1.94 bits per heavy atom. The molecule has 0 aliphatic heterocycles. The topological polar surface area (TPSA) is 56.7 Å². The lowest BCUT2D eigenvalue weighted by Gasteiger charge is -2.06. The molecule has 2 rings (SSSR count). The van der Waals surface area contributed by atoms with Crippen molar-refractivity contribution in [2.24, 2.45) is 0 Å². The second-order valence-electron chi connectivity index (χ2n) is 3.09. The quantitative estimate of drug-likeness (QED) is 0.810. The summed E-state index contributed by atoms with van der Waals surface area (Å²) < 4.78 is 38.0. The summed E-state index contributed by atoms with van der Waals surface area (Å²) >= 11 is 0. The van der Waals surface area contributed by atoms with Gasteiger partial charge in [0.2, 0.25) is 0 Å². The van der Waals surface area contributed by atoms with Crippen LogP contribution in [0, 0.1) is 0 Å². The molecular weight excluding hydrogens is 221 g/mol. The molecule has 0 aliphatic carbocycles. The van der Waals surface area contributed by atoms with Crippen molar-refractivity contribution in [3.05, 3.63) is 36.2 Å². The van der Waals surface area contributed by atoms with Crippen molar-refractivity contribution in [3.8, 4) is 5.82 Å². The van der Waals surface area contributed by atoms with E-state index in [-0.39, 0.29) is 11.6 Å². The van der Waals surface area contributed by atoms with Crippen molar-refractivity contribution < 1.29 is 13.2 Å². The van der Waals surface area contributed by atoms with E-state index in [4.69, 9.17) is 5.73 Å². The highest BCUT2D eigenvalue weighted by molar-refractivity contribution is 5.31. The third-order valence-corrected chi connectivity index (χ3v) is 1.92. The third-order valence-electron chi connectivity index (χ3n) is 1.92. The molecule has 2 aromatic rings. The summed E-state index contributed by atoms with van der Waals surface area (Å²) in [5.41, 5.74) is 4.58. The molecule has 0 aliphatic rings. The zero-order valence-electron chi connectivity index (χ0n) is 7.94. The van der Waals surface area contributed by atoms with E-state index in [2.05, 4.69) is 10.1 Å². The first-order valence-corrected chi connectivity index (χ1v) is 4.31. The number of pyridine rings is 1. The maximum atomic E-state index is 12.2. The summed E-state index contributed by atoms with van der Waals surface area (Å²) in [5, 5.41) is 3.82. The molecule has 0 bridgehead atoms. The van der Waals surface area contributed by atoms with E-state index >= 15 is 0 Å². The van der Waals surface area contributed by atoms with Gasteiger partial charge >= 0.3 is 6.18 Å². The molecule has 4 nitrogen and oxygen atoms in total. The fraction of sp³-hybridized carbons (Fsp3) is 0.111. The summed E-state index contributed by atoms with van der Waals surface area (Å²) in [4.78, 5) is 3.65. The summed E-state index contributed by atoms with van der Waals surface area (Å²) in [6.45, 7) is 0. The van der Waals surface area contributed by atoms with Gasteiger partial charge in [0.05, 0.1) is 5.56 Å². The van der Waals surface area contributed by atoms with Crippen molar-refractivity contribution in [2.75, 3.05) is 5.73 Å². The van der Waals surface area contributed by atoms with Gasteiger partial charge in [0.25, 0.3) is 0 Å². The molecule has 0 spiro atoms. The largest absolute Gasteiger partial charge is 0.417 e. The number of nitrogen functional groups attached to an aromatic ring is 1. The van der Waals surface area contributed by atoms with Crippen molar-refractivity contribution in [1.82, 2.24) is 14.8 Å². The van der Waals surface area contributed by atoms with Gasteiger partial charge in [0.15, 0.2) is 5.82 Å². The number of rotatable bonds is 1. The Hall–Kier alpha value is -2.05. The Morgan fingerprint density at radius 1 is 1.19 bits per heavy atom. The minimum Gasteiger partial charge on any atom is -0.382 e. The average molecular weight is 228 g/mol. The molecule has 2 N–H and O–H groups in total. The lowest BCUT2D eigenvalue weighted by atomic mass is 10.3. The van der Waals surface area contributed by atoms with Gasteiger partial charge < -0.3 is 5.73 Å². The molecule has 16 heavy (non-hydrogen) atoms. The van der Waals surface area contributed by atoms with Crippen molar-refractivity contribution in [1.29, 1.82) is 0 Å². The molecule has 0 unspecified atom stereocenters. The second-order valence-corrected chi connectivity index (χ2v) is 3.09. The molecule has 2 heterocycles. The van der Waals surface area contributed by atoms with Crippen LogP contribution in [0.25, 0.3) is 5.82 Å². The molecule has 2 aromatic heterocycles. The summed E-state index contributed by atoms with van der Waals surface area (Å²) in [6.07, 6.45) is -2.10. The van der Waals surface area contributed by atoms with E-state index in [0.29, 0.717) is 0 Å². The Morgan fingerprint density at radius 3 is 2.38 bits per heavy atom. The van der Waals surface area contributed by atoms with Gasteiger partial charge in [-0.25, -0.2) is 9.67 Å². The van der Waals surface area contributed by atoms with Gasteiger partial charge in [-0.15, -0.1) is 5.10 Å². The van der Waals surface area contributed by atoms with Crippen LogP contribution in [0.1, 0.15) is 5.56 Å². The highest BCUT2D eigenvalue weighted by atomic mass is 19.4. The van der Waals surface area contributed by atoms with Crippen LogP contribution in [0.4, 0.5) is 19.0 Å². The number of alkyl halides is 3. The Balaban J connectivity index is 2.33. The number of hydrogen-bond donors (Lipinski definition) is 1. The lowest BCUT2D eigenvalue weighted by molar-refractivity contribution is -0.137. The van der Waals surface area contributed by atoms with Crippen LogP contribution in [0.15, 0.2) is 30.6 Å². The Bertz CT molecular complexity index is 486. The summed E-state index contributed by atoms with van der Waals surface area (Å²) in [5.74, 6) is 0.561. The zero-order valence-corrected chi connectivity index (χ0v) is 7.94. The van der Waals surface area contributed by atoms with Gasteiger partial charge in [0, 0.05) is 18.5 Å². The number of hydrogen-bond acceptors (Lipinski definition) is 3.